The van der Waals surface area contributed by atoms with E-state index in [1.807, 2.05) is 0 Å². The van der Waals surface area contributed by atoms with E-state index in [0.29, 0.717) is 18.0 Å². The highest BCUT2D eigenvalue weighted by molar-refractivity contribution is 5.76. The Hall–Kier alpha value is -1.85. The number of hydrogen-bond acceptors (Lipinski definition) is 1. The molecule has 3 aromatic carbocycles. The van der Waals surface area contributed by atoms with Gasteiger partial charge in [0.05, 0.1) is 0 Å². The molecular weight excluding hydrogens is 431 g/mol. The summed E-state index contributed by atoms with van der Waals surface area (Å²) in [5.41, 5.74) is 6.94. The van der Waals surface area contributed by atoms with Crippen LogP contribution in [-0.2, 0) is 0 Å². The second-order valence-electron chi connectivity index (χ2n) is 7.32. The molecule has 4 unspecified atom stereocenters. The standard InChI is InChI=1S/C23H22N2.HI/c1-16-17(2)23-24(18-10-4-3-5-11-18)21-14-8-9-15-22(21)25(23)20-13-7-6-12-19(16)20;/h3-17,23H,1-2H3;1H. The maximum absolute atomic E-state index is 2.56. The van der Waals surface area contributed by atoms with Crippen LogP contribution in [0.15, 0.2) is 78.9 Å². The minimum Gasteiger partial charge on any atom is -1.00 e. The van der Waals surface area contributed by atoms with Crippen molar-refractivity contribution in [2.75, 3.05) is 4.90 Å². The fraction of sp³-hybridized carbons (Fsp3) is 0.217. The molecule has 2 aliphatic rings. The first kappa shape index (κ1) is 17.6. The normalized spacial score (nSPS) is 25.7. The lowest BCUT2D eigenvalue weighted by atomic mass is 9.81. The van der Waals surface area contributed by atoms with E-state index < -0.39 is 0 Å². The third kappa shape index (κ3) is 2.41. The largest absolute Gasteiger partial charge is 1.00 e. The van der Waals surface area contributed by atoms with Gasteiger partial charge < -0.3 is 24.0 Å². The Morgan fingerprint density at radius 1 is 0.731 bits per heavy atom. The summed E-state index contributed by atoms with van der Waals surface area (Å²) >= 11 is 0. The topological polar surface area (TPSA) is 7.68 Å². The van der Waals surface area contributed by atoms with Gasteiger partial charge in [-0.3, -0.25) is 4.90 Å². The van der Waals surface area contributed by atoms with Crippen LogP contribution in [0.4, 0.5) is 22.7 Å². The van der Waals surface area contributed by atoms with Gasteiger partial charge in [-0.05, 0) is 30.2 Å². The zero-order valence-electron chi connectivity index (χ0n) is 15.1. The Morgan fingerprint density at radius 2 is 1.35 bits per heavy atom. The Labute approximate surface area is 172 Å². The summed E-state index contributed by atoms with van der Waals surface area (Å²) in [6.45, 7) is 4.79. The number of hydrogen-bond donors (Lipinski definition) is 1. The number of para-hydroxylation sites is 4. The smallest absolute Gasteiger partial charge is 0.180 e. The lowest BCUT2D eigenvalue weighted by Gasteiger charge is -2.40. The molecule has 0 saturated heterocycles. The number of rotatable bonds is 1. The predicted molar refractivity (Wildman–Crippen MR) is 103 cm³/mol. The molecule has 2 nitrogen and oxygen atoms in total. The Kier molecular flexibility index (Phi) is 4.53. The van der Waals surface area contributed by atoms with Crippen molar-refractivity contribution in [2.45, 2.75) is 25.9 Å². The molecule has 3 heteroatoms. The van der Waals surface area contributed by atoms with Gasteiger partial charge in [-0.15, -0.1) is 0 Å². The van der Waals surface area contributed by atoms with E-state index in [0.717, 1.165) is 0 Å². The zero-order valence-corrected chi connectivity index (χ0v) is 17.2. The van der Waals surface area contributed by atoms with E-state index in [4.69, 9.17) is 0 Å². The molecule has 0 aliphatic carbocycles. The van der Waals surface area contributed by atoms with Crippen molar-refractivity contribution in [3.8, 4) is 0 Å². The summed E-state index contributed by atoms with van der Waals surface area (Å²) in [5, 5.41) is 0. The molecule has 1 N–H and O–H groups in total. The van der Waals surface area contributed by atoms with Gasteiger partial charge in [0.15, 0.2) is 11.9 Å². The van der Waals surface area contributed by atoms with E-state index in [9.17, 15) is 0 Å². The highest BCUT2D eigenvalue weighted by Crippen LogP contribution is 2.45. The predicted octanol–water partition coefficient (Wildman–Crippen LogP) is 1.77. The van der Waals surface area contributed by atoms with Crippen LogP contribution in [0, 0.1) is 5.92 Å². The summed E-state index contributed by atoms with van der Waals surface area (Å²) in [6.07, 6.45) is 0.393. The number of halogens is 1. The molecule has 0 spiro atoms. The Bertz CT molecular complexity index is 924. The number of fused-ring (bicyclic) bond motifs is 5. The van der Waals surface area contributed by atoms with Gasteiger partial charge in [0.2, 0.25) is 0 Å². The second kappa shape index (κ2) is 6.71. The van der Waals surface area contributed by atoms with Crippen LogP contribution in [0.25, 0.3) is 0 Å². The molecule has 0 amide bonds. The monoisotopic (exact) mass is 454 g/mol. The van der Waals surface area contributed by atoms with Crippen LogP contribution in [0.2, 0.25) is 0 Å². The molecule has 132 valence electrons. The number of quaternary nitrogens is 1. The number of nitrogens with one attached hydrogen (secondary N) is 1. The summed E-state index contributed by atoms with van der Waals surface area (Å²) in [7, 11) is 0. The van der Waals surface area contributed by atoms with Crippen LogP contribution in [0.5, 0.6) is 0 Å². The minimum absolute atomic E-state index is 0. The molecule has 0 bridgehead atoms. The third-order valence-corrected chi connectivity index (χ3v) is 6.09. The zero-order chi connectivity index (χ0) is 17.0. The van der Waals surface area contributed by atoms with Crippen molar-refractivity contribution < 1.29 is 28.9 Å². The van der Waals surface area contributed by atoms with E-state index in [2.05, 4.69) is 97.6 Å². The van der Waals surface area contributed by atoms with Gasteiger partial charge in [0.25, 0.3) is 0 Å². The van der Waals surface area contributed by atoms with Crippen molar-refractivity contribution >= 4 is 22.7 Å². The maximum atomic E-state index is 2.56. The van der Waals surface area contributed by atoms with Gasteiger partial charge in [-0.1, -0.05) is 62.4 Å². The first-order valence-electron chi connectivity index (χ1n) is 9.17. The molecule has 0 fully saturated rings. The van der Waals surface area contributed by atoms with Crippen LogP contribution in [0.1, 0.15) is 25.3 Å². The average Bonchev–Trinajstić information content (AvgIpc) is 3.02. The van der Waals surface area contributed by atoms with Gasteiger partial charge >= 0.3 is 0 Å². The van der Waals surface area contributed by atoms with Crippen LogP contribution in [-0.4, -0.2) is 6.17 Å². The lowest BCUT2D eigenvalue weighted by molar-refractivity contribution is -0.792. The second-order valence-corrected chi connectivity index (χ2v) is 7.32. The quantitative estimate of drug-likeness (QED) is 0.551. The van der Waals surface area contributed by atoms with Gasteiger partial charge in [-0.25, -0.2) is 4.90 Å². The number of anilines is 2. The summed E-state index contributed by atoms with van der Waals surface area (Å²) in [6, 6.07) is 28.7. The van der Waals surface area contributed by atoms with E-state index >= 15 is 0 Å². The van der Waals surface area contributed by atoms with E-state index in [-0.39, 0.29) is 24.0 Å². The van der Waals surface area contributed by atoms with Gasteiger partial charge in [0, 0.05) is 23.2 Å². The lowest BCUT2D eigenvalue weighted by Crippen LogP contribution is -3.08. The first-order chi connectivity index (χ1) is 12.3. The molecule has 0 radical (unpaired) electrons. The maximum Gasteiger partial charge on any atom is 0.180 e. The minimum atomic E-state index is 0. The number of nitrogens with zero attached hydrogens (tertiary/aromatic N) is 1. The fourth-order valence-electron chi connectivity index (χ4n) is 4.74. The molecule has 2 heterocycles. The first-order valence-corrected chi connectivity index (χ1v) is 9.17. The van der Waals surface area contributed by atoms with Crippen LogP contribution >= 0.6 is 0 Å². The van der Waals surface area contributed by atoms with E-state index in [1.165, 1.54) is 33.2 Å². The van der Waals surface area contributed by atoms with Crippen LogP contribution in [0.3, 0.4) is 0 Å². The van der Waals surface area contributed by atoms with Crippen molar-refractivity contribution in [1.29, 1.82) is 0 Å². The molecule has 4 atom stereocenters. The molecular formula is C23H23IN2. The third-order valence-electron chi connectivity index (χ3n) is 6.09. The van der Waals surface area contributed by atoms with E-state index in [1.54, 1.807) is 0 Å². The molecule has 2 aliphatic heterocycles. The van der Waals surface area contributed by atoms with Crippen LogP contribution < -0.4 is 33.8 Å². The Balaban J connectivity index is 0.00000168. The Morgan fingerprint density at radius 3 is 2.12 bits per heavy atom. The average molecular weight is 454 g/mol. The molecule has 3 aromatic rings. The van der Waals surface area contributed by atoms with Gasteiger partial charge in [0.1, 0.15) is 11.4 Å². The van der Waals surface area contributed by atoms with Crippen molar-refractivity contribution in [2.24, 2.45) is 5.92 Å². The van der Waals surface area contributed by atoms with Crippen molar-refractivity contribution in [3.63, 3.8) is 0 Å². The van der Waals surface area contributed by atoms with Crippen molar-refractivity contribution in [1.82, 2.24) is 0 Å². The summed E-state index contributed by atoms with van der Waals surface area (Å²) in [4.78, 5) is 4.06. The molecule has 0 saturated carbocycles. The van der Waals surface area contributed by atoms with Gasteiger partial charge in [-0.2, -0.15) is 0 Å². The SMILES string of the molecule is CC1c2ccccc2[NH+]2c3ccccc3N(c3ccccc3)C2C1C.[I-]. The van der Waals surface area contributed by atoms with Crippen molar-refractivity contribution in [3.05, 3.63) is 84.4 Å². The number of benzene rings is 3. The molecule has 5 rings (SSSR count). The molecule has 0 aromatic heterocycles. The highest BCUT2D eigenvalue weighted by Gasteiger charge is 2.51. The summed E-state index contributed by atoms with van der Waals surface area (Å²) < 4.78 is 0. The molecule has 26 heavy (non-hydrogen) atoms. The highest BCUT2D eigenvalue weighted by atomic mass is 127. The summed E-state index contributed by atoms with van der Waals surface area (Å²) in [5.74, 6) is 1.10. The fourth-order valence-corrected chi connectivity index (χ4v) is 4.74.